The molecule has 0 aliphatic carbocycles. The van der Waals surface area contributed by atoms with Crippen molar-refractivity contribution in [3.8, 4) is 5.75 Å². The van der Waals surface area contributed by atoms with Crippen molar-refractivity contribution in [2.24, 2.45) is 5.92 Å². The third-order valence-electron chi connectivity index (χ3n) is 5.36. The van der Waals surface area contributed by atoms with Crippen LogP contribution in [0.2, 0.25) is 0 Å². The van der Waals surface area contributed by atoms with Gasteiger partial charge in [-0.25, -0.2) is 0 Å². The Kier molecular flexibility index (Phi) is 7.49. The van der Waals surface area contributed by atoms with Gasteiger partial charge >= 0.3 is 0 Å². The molecule has 1 aliphatic rings. The van der Waals surface area contributed by atoms with Crippen molar-refractivity contribution in [1.82, 2.24) is 10.2 Å². The van der Waals surface area contributed by atoms with Crippen LogP contribution in [-0.2, 0) is 11.3 Å². The molecule has 0 aromatic heterocycles. The van der Waals surface area contributed by atoms with Crippen molar-refractivity contribution in [3.63, 3.8) is 0 Å². The lowest BCUT2D eigenvalue weighted by molar-refractivity contribution is -0.121. The van der Waals surface area contributed by atoms with E-state index in [1.54, 1.807) is 0 Å². The predicted octanol–water partition coefficient (Wildman–Crippen LogP) is 4.10. The summed E-state index contributed by atoms with van der Waals surface area (Å²) in [4.78, 5) is 14.7. The first-order chi connectivity index (χ1) is 13.6. The molecule has 1 unspecified atom stereocenters. The van der Waals surface area contributed by atoms with E-state index >= 15 is 0 Å². The molecule has 3 rings (SSSR count). The summed E-state index contributed by atoms with van der Waals surface area (Å²) in [6.45, 7) is 8.46. The monoisotopic (exact) mass is 380 g/mol. The van der Waals surface area contributed by atoms with Gasteiger partial charge in [-0.05, 0) is 56.3 Å². The molecular formula is C24H32N2O2. The van der Waals surface area contributed by atoms with Crippen LogP contribution in [0.3, 0.4) is 0 Å². The molecule has 1 saturated heterocycles. The van der Waals surface area contributed by atoms with Gasteiger partial charge in [0.15, 0.2) is 0 Å². The second kappa shape index (κ2) is 10.3. The summed E-state index contributed by atoms with van der Waals surface area (Å²) in [5.41, 5.74) is 3.69. The zero-order chi connectivity index (χ0) is 19.8. The quantitative estimate of drug-likeness (QED) is 0.750. The van der Waals surface area contributed by atoms with E-state index in [2.05, 4.69) is 53.5 Å². The lowest BCUT2D eigenvalue weighted by atomic mass is 9.97. The van der Waals surface area contributed by atoms with E-state index < -0.39 is 0 Å². The molecule has 4 nitrogen and oxygen atoms in total. The van der Waals surface area contributed by atoms with Crippen LogP contribution in [0.4, 0.5) is 0 Å². The Hall–Kier alpha value is -2.33. The van der Waals surface area contributed by atoms with E-state index in [4.69, 9.17) is 4.74 Å². The summed E-state index contributed by atoms with van der Waals surface area (Å²) >= 11 is 0. The van der Waals surface area contributed by atoms with Gasteiger partial charge < -0.3 is 10.1 Å². The fourth-order valence-electron chi connectivity index (χ4n) is 3.86. The molecule has 2 aromatic carbocycles. The van der Waals surface area contributed by atoms with Gasteiger partial charge in [-0.15, -0.1) is 0 Å². The molecule has 1 atom stereocenters. The summed E-state index contributed by atoms with van der Waals surface area (Å²) in [6.07, 6.45) is 2.78. The smallest absolute Gasteiger partial charge is 0.223 e. The van der Waals surface area contributed by atoms with E-state index in [1.807, 2.05) is 19.1 Å². The average Bonchev–Trinajstić information content (AvgIpc) is 2.69. The van der Waals surface area contributed by atoms with Gasteiger partial charge in [0, 0.05) is 19.6 Å². The highest BCUT2D eigenvalue weighted by Crippen LogP contribution is 2.19. The van der Waals surface area contributed by atoms with Gasteiger partial charge in [-0.1, -0.05) is 48.0 Å². The normalized spacial score (nSPS) is 17.3. The second-order valence-electron chi connectivity index (χ2n) is 7.90. The van der Waals surface area contributed by atoms with E-state index in [1.165, 1.54) is 24.0 Å². The molecule has 0 saturated carbocycles. The number of carbonyl (C=O) groups excluding carboxylic acids is 1. The van der Waals surface area contributed by atoms with Crippen LogP contribution < -0.4 is 10.1 Å². The summed E-state index contributed by atoms with van der Waals surface area (Å²) in [5, 5.41) is 3.10. The Morgan fingerprint density at radius 1 is 1.18 bits per heavy atom. The fraction of sp³-hybridized carbons (Fsp3) is 0.458. The molecule has 1 N–H and O–H groups in total. The SMILES string of the molecule is Cc1ccc(OCCC(=O)NCC2CCCN(Cc3ccccc3)C2)c(C)c1. The predicted molar refractivity (Wildman–Crippen MR) is 113 cm³/mol. The standard InChI is InChI=1S/C24H32N2O2/c1-19-10-11-23(20(2)15-19)28-14-12-24(27)25-16-22-9-6-13-26(18-22)17-21-7-4-3-5-8-21/h3-5,7-8,10-11,15,22H,6,9,12-14,16-18H2,1-2H3,(H,25,27). The number of hydrogen-bond donors (Lipinski definition) is 1. The number of aryl methyl sites for hydroxylation is 2. The molecule has 28 heavy (non-hydrogen) atoms. The number of likely N-dealkylation sites (tertiary alicyclic amines) is 1. The topological polar surface area (TPSA) is 41.6 Å². The van der Waals surface area contributed by atoms with E-state index in [0.717, 1.165) is 37.5 Å². The number of amides is 1. The van der Waals surface area contributed by atoms with Crippen LogP contribution in [0, 0.1) is 19.8 Å². The van der Waals surface area contributed by atoms with Gasteiger partial charge in [0.2, 0.25) is 5.91 Å². The summed E-state index contributed by atoms with van der Waals surface area (Å²) in [7, 11) is 0. The van der Waals surface area contributed by atoms with Crippen molar-refractivity contribution in [2.45, 2.75) is 39.7 Å². The van der Waals surface area contributed by atoms with Crippen LogP contribution in [0.5, 0.6) is 5.75 Å². The first kappa shape index (κ1) is 20.4. The van der Waals surface area contributed by atoms with Gasteiger partial charge in [-0.3, -0.25) is 9.69 Å². The minimum Gasteiger partial charge on any atom is -0.493 e. The van der Waals surface area contributed by atoms with Gasteiger partial charge in [0.1, 0.15) is 5.75 Å². The lowest BCUT2D eigenvalue weighted by Crippen LogP contribution is -2.40. The molecule has 0 bridgehead atoms. The summed E-state index contributed by atoms with van der Waals surface area (Å²) in [6, 6.07) is 16.7. The molecular weight excluding hydrogens is 348 g/mol. The van der Waals surface area contributed by atoms with Crippen molar-refractivity contribution >= 4 is 5.91 Å². The summed E-state index contributed by atoms with van der Waals surface area (Å²) < 4.78 is 5.77. The molecule has 150 valence electrons. The van der Waals surface area contributed by atoms with Crippen LogP contribution in [0.1, 0.15) is 36.0 Å². The number of benzene rings is 2. The number of piperidine rings is 1. The maximum atomic E-state index is 12.2. The largest absolute Gasteiger partial charge is 0.493 e. The highest BCUT2D eigenvalue weighted by molar-refractivity contribution is 5.76. The second-order valence-corrected chi connectivity index (χ2v) is 7.90. The molecule has 0 radical (unpaired) electrons. The van der Waals surface area contributed by atoms with E-state index in [-0.39, 0.29) is 5.91 Å². The molecule has 2 aromatic rings. The Labute approximate surface area is 168 Å². The molecule has 1 heterocycles. The Balaban J connectivity index is 1.35. The average molecular weight is 381 g/mol. The minimum atomic E-state index is 0.0740. The van der Waals surface area contributed by atoms with Crippen LogP contribution in [0.15, 0.2) is 48.5 Å². The maximum absolute atomic E-state index is 12.2. The van der Waals surface area contributed by atoms with E-state index in [9.17, 15) is 4.79 Å². The number of nitrogens with one attached hydrogen (secondary N) is 1. The van der Waals surface area contributed by atoms with Crippen LogP contribution >= 0.6 is 0 Å². The number of ether oxygens (including phenoxy) is 1. The molecule has 1 fully saturated rings. The lowest BCUT2D eigenvalue weighted by Gasteiger charge is -2.32. The van der Waals surface area contributed by atoms with E-state index in [0.29, 0.717) is 18.9 Å². The zero-order valence-electron chi connectivity index (χ0n) is 17.1. The highest BCUT2D eigenvalue weighted by atomic mass is 16.5. The van der Waals surface area contributed by atoms with Crippen LogP contribution in [-0.4, -0.2) is 37.0 Å². The first-order valence-corrected chi connectivity index (χ1v) is 10.3. The van der Waals surface area contributed by atoms with Crippen molar-refractivity contribution in [1.29, 1.82) is 0 Å². The number of hydrogen-bond acceptors (Lipinski definition) is 3. The number of nitrogens with zero attached hydrogens (tertiary/aromatic N) is 1. The van der Waals surface area contributed by atoms with Gasteiger partial charge in [0.25, 0.3) is 0 Å². The van der Waals surface area contributed by atoms with Gasteiger partial charge in [-0.2, -0.15) is 0 Å². The third kappa shape index (κ3) is 6.38. The number of rotatable bonds is 8. The molecule has 0 spiro atoms. The Morgan fingerprint density at radius 3 is 2.79 bits per heavy atom. The van der Waals surface area contributed by atoms with Gasteiger partial charge in [0.05, 0.1) is 13.0 Å². The minimum absolute atomic E-state index is 0.0740. The molecule has 4 heteroatoms. The van der Waals surface area contributed by atoms with Crippen molar-refractivity contribution in [2.75, 3.05) is 26.2 Å². The zero-order valence-corrected chi connectivity index (χ0v) is 17.1. The highest BCUT2D eigenvalue weighted by Gasteiger charge is 2.20. The summed E-state index contributed by atoms with van der Waals surface area (Å²) in [5.74, 6) is 1.47. The van der Waals surface area contributed by atoms with Crippen LogP contribution in [0.25, 0.3) is 0 Å². The molecule has 1 amide bonds. The van der Waals surface area contributed by atoms with Crippen molar-refractivity contribution in [3.05, 3.63) is 65.2 Å². The van der Waals surface area contributed by atoms with Crippen molar-refractivity contribution < 1.29 is 9.53 Å². The molecule has 1 aliphatic heterocycles. The third-order valence-corrected chi connectivity index (χ3v) is 5.36. The fourth-order valence-corrected chi connectivity index (χ4v) is 3.86. The Bertz CT molecular complexity index is 760. The Morgan fingerprint density at radius 2 is 2.00 bits per heavy atom. The number of carbonyl (C=O) groups is 1. The maximum Gasteiger partial charge on any atom is 0.223 e. The first-order valence-electron chi connectivity index (χ1n) is 10.3.